The van der Waals surface area contributed by atoms with Crippen LogP contribution in [0.4, 0.5) is 0 Å². The van der Waals surface area contributed by atoms with Gasteiger partial charge in [0.25, 0.3) is 0 Å². The minimum absolute atomic E-state index is 0.0551. The molecule has 2 rings (SSSR count). The average molecular weight is 239 g/mol. The van der Waals surface area contributed by atoms with Crippen LogP contribution in [-0.4, -0.2) is 33.8 Å². The molecule has 1 saturated heterocycles. The Balaban J connectivity index is 2.14. The molecule has 0 aromatic carbocycles. The number of hydrogen-bond acceptors (Lipinski definition) is 4. The van der Waals surface area contributed by atoms with Crippen molar-refractivity contribution in [1.82, 2.24) is 15.2 Å². The van der Waals surface area contributed by atoms with E-state index in [-0.39, 0.29) is 18.4 Å². The summed E-state index contributed by atoms with van der Waals surface area (Å²) in [5.41, 5.74) is 0.912. The number of carbonyl (C=O) groups excluding carboxylic acids is 2. The van der Waals surface area contributed by atoms with Crippen LogP contribution in [-0.2, 0) is 16.1 Å². The van der Waals surface area contributed by atoms with Crippen LogP contribution in [0.5, 0.6) is 0 Å². The monoisotopic (exact) mass is 239 g/mol. The van der Waals surface area contributed by atoms with Crippen LogP contribution in [0.15, 0.2) is 11.7 Å². The highest BCUT2D eigenvalue weighted by molar-refractivity contribution is 7.09. The number of carbonyl (C=O) groups is 2. The summed E-state index contributed by atoms with van der Waals surface area (Å²) < 4.78 is 0. The van der Waals surface area contributed by atoms with Crippen LogP contribution in [0.25, 0.3) is 0 Å². The molecule has 0 saturated carbocycles. The second kappa shape index (κ2) is 3.86. The molecule has 0 bridgehead atoms. The zero-order chi connectivity index (χ0) is 11.8. The highest BCUT2D eigenvalue weighted by Gasteiger charge is 2.38. The second-order valence-electron chi connectivity index (χ2n) is 4.30. The maximum atomic E-state index is 12.0. The Morgan fingerprint density at radius 2 is 2.31 bits per heavy atom. The van der Waals surface area contributed by atoms with Crippen LogP contribution < -0.4 is 5.32 Å². The molecule has 0 unspecified atom stereocenters. The van der Waals surface area contributed by atoms with E-state index in [2.05, 4.69) is 10.3 Å². The summed E-state index contributed by atoms with van der Waals surface area (Å²) in [6, 6.07) is 0. The fourth-order valence-corrected chi connectivity index (χ4v) is 2.33. The van der Waals surface area contributed by atoms with Gasteiger partial charge in [0.05, 0.1) is 12.1 Å². The van der Waals surface area contributed by atoms with Gasteiger partial charge in [0.1, 0.15) is 12.1 Å². The van der Waals surface area contributed by atoms with Crippen molar-refractivity contribution in [3.63, 3.8) is 0 Å². The number of nitrogens with zero attached hydrogens (tertiary/aromatic N) is 2. The van der Waals surface area contributed by atoms with E-state index < -0.39 is 5.54 Å². The maximum absolute atomic E-state index is 12.0. The number of nitrogens with one attached hydrogen (secondary N) is 1. The molecule has 1 aliphatic rings. The molecule has 1 aliphatic heterocycles. The van der Waals surface area contributed by atoms with E-state index in [4.69, 9.17) is 0 Å². The van der Waals surface area contributed by atoms with Crippen molar-refractivity contribution in [3.8, 4) is 0 Å². The number of piperazine rings is 1. The first-order valence-electron chi connectivity index (χ1n) is 4.97. The third-order valence-corrected chi connectivity index (χ3v) is 3.20. The van der Waals surface area contributed by atoms with E-state index >= 15 is 0 Å². The highest BCUT2D eigenvalue weighted by atomic mass is 32.1. The molecular formula is C10H13N3O2S. The lowest BCUT2D eigenvalue weighted by molar-refractivity contribution is -0.148. The second-order valence-corrected chi connectivity index (χ2v) is 5.27. The van der Waals surface area contributed by atoms with Gasteiger partial charge in [-0.1, -0.05) is 0 Å². The van der Waals surface area contributed by atoms with Crippen molar-refractivity contribution in [2.24, 2.45) is 0 Å². The lowest BCUT2D eigenvalue weighted by atomic mass is 10.0. The van der Waals surface area contributed by atoms with Gasteiger partial charge in [-0.25, -0.2) is 0 Å². The van der Waals surface area contributed by atoms with Crippen molar-refractivity contribution >= 4 is 23.2 Å². The molecule has 1 aromatic rings. The SMILES string of the molecule is CC1(C)NC(=O)CN(Cc2cncs2)C1=O. The van der Waals surface area contributed by atoms with Gasteiger partial charge in [-0.2, -0.15) is 0 Å². The molecule has 1 aromatic heterocycles. The summed E-state index contributed by atoms with van der Waals surface area (Å²) >= 11 is 1.48. The van der Waals surface area contributed by atoms with Gasteiger partial charge in [-0.05, 0) is 13.8 Å². The minimum atomic E-state index is -0.806. The lowest BCUT2D eigenvalue weighted by Gasteiger charge is -2.37. The summed E-state index contributed by atoms with van der Waals surface area (Å²) in [5.74, 6) is -0.172. The molecule has 1 N–H and O–H groups in total. The van der Waals surface area contributed by atoms with Gasteiger partial charge in [0.15, 0.2) is 0 Å². The Morgan fingerprint density at radius 3 is 2.94 bits per heavy atom. The molecule has 0 aliphatic carbocycles. The number of aromatic nitrogens is 1. The predicted molar refractivity (Wildman–Crippen MR) is 59.8 cm³/mol. The smallest absolute Gasteiger partial charge is 0.248 e. The number of thiazole rings is 1. The Morgan fingerprint density at radius 1 is 1.56 bits per heavy atom. The minimum Gasteiger partial charge on any atom is -0.341 e. The summed E-state index contributed by atoms with van der Waals surface area (Å²) in [5, 5.41) is 2.67. The van der Waals surface area contributed by atoms with Gasteiger partial charge in [-0.15, -0.1) is 11.3 Å². The molecule has 16 heavy (non-hydrogen) atoms. The van der Waals surface area contributed by atoms with Crippen molar-refractivity contribution in [1.29, 1.82) is 0 Å². The van der Waals surface area contributed by atoms with Gasteiger partial charge >= 0.3 is 0 Å². The third kappa shape index (κ3) is 2.06. The van der Waals surface area contributed by atoms with Crippen molar-refractivity contribution in [2.75, 3.05) is 6.54 Å². The van der Waals surface area contributed by atoms with Gasteiger partial charge in [-0.3, -0.25) is 14.6 Å². The molecule has 1 fully saturated rings. The van der Waals surface area contributed by atoms with E-state index in [0.29, 0.717) is 6.54 Å². The highest BCUT2D eigenvalue weighted by Crippen LogP contribution is 2.17. The fourth-order valence-electron chi connectivity index (χ4n) is 1.72. The zero-order valence-corrected chi connectivity index (χ0v) is 10.0. The maximum Gasteiger partial charge on any atom is 0.248 e. The van der Waals surface area contributed by atoms with Crippen LogP contribution >= 0.6 is 11.3 Å². The Hall–Kier alpha value is -1.43. The molecule has 6 heteroatoms. The normalized spacial score (nSPS) is 19.8. The van der Waals surface area contributed by atoms with E-state index in [1.165, 1.54) is 11.3 Å². The first-order chi connectivity index (χ1) is 7.49. The predicted octanol–water partition coefficient (Wildman–Crippen LogP) is 0.380. The molecule has 0 atom stereocenters. The fraction of sp³-hybridized carbons (Fsp3) is 0.500. The Bertz CT molecular complexity index is 414. The zero-order valence-electron chi connectivity index (χ0n) is 9.19. The van der Waals surface area contributed by atoms with Gasteiger partial charge < -0.3 is 10.2 Å². The summed E-state index contributed by atoms with van der Waals surface area (Å²) in [6.07, 6.45) is 1.72. The van der Waals surface area contributed by atoms with Gasteiger partial charge in [0.2, 0.25) is 11.8 Å². The summed E-state index contributed by atoms with van der Waals surface area (Å²) in [6.45, 7) is 4.01. The van der Waals surface area contributed by atoms with Crippen molar-refractivity contribution in [2.45, 2.75) is 25.9 Å². The molecule has 86 valence electrons. The standard InChI is InChI=1S/C10H13N3O2S/c1-10(2)9(15)13(5-8(14)12-10)4-7-3-11-6-16-7/h3,6H,4-5H2,1-2H3,(H,12,14). The van der Waals surface area contributed by atoms with E-state index in [9.17, 15) is 9.59 Å². The molecule has 5 nitrogen and oxygen atoms in total. The summed E-state index contributed by atoms with van der Waals surface area (Å²) in [7, 11) is 0. The topological polar surface area (TPSA) is 62.3 Å². The molecule has 0 spiro atoms. The van der Waals surface area contributed by atoms with Crippen LogP contribution in [0.3, 0.4) is 0 Å². The van der Waals surface area contributed by atoms with E-state index in [1.54, 1.807) is 30.5 Å². The summed E-state index contributed by atoms with van der Waals surface area (Å²) in [4.78, 5) is 30.0. The number of rotatable bonds is 2. The lowest BCUT2D eigenvalue weighted by Crippen LogP contribution is -2.63. The average Bonchev–Trinajstić information content (AvgIpc) is 2.65. The largest absolute Gasteiger partial charge is 0.341 e. The van der Waals surface area contributed by atoms with Crippen molar-refractivity contribution in [3.05, 3.63) is 16.6 Å². The van der Waals surface area contributed by atoms with Crippen LogP contribution in [0, 0.1) is 0 Å². The molecule has 2 heterocycles. The Labute approximate surface area is 97.5 Å². The Kier molecular flexibility index (Phi) is 2.67. The van der Waals surface area contributed by atoms with Gasteiger partial charge in [0, 0.05) is 11.1 Å². The van der Waals surface area contributed by atoms with E-state index in [1.807, 2.05) is 0 Å². The number of hydrogen-bond donors (Lipinski definition) is 1. The quantitative estimate of drug-likeness (QED) is 0.811. The first kappa shape index (κ1) is 11.1. The van der Waals surface area contributed by atoms with E-state index in [0.717, 1.165) is 4.88 Å². The molecule has 2 amide bonds. The van der Waals surface area contributed by atoms with Crippen LogP contribution in [0.1, 0.15) is 18.7 Å². The first-order valence-corrected chi connectivity index (χ1v) is 5.85. The van der Waals surface area contributed by atoms with Crippen LogP contribution in [0.2, 0.25) is 0 Å². The third-order valence-electron chi connectivity index (χ3n) is 2.44. The molecule has 0 radical (unpaired) electrons. The molecular weight excluding hydrogens is 226 g/mol. The number of amides is 2. The van der Waals surface area contributed by atoms with Crippen molar-refractivity contribution < 1.29 is 9.59 Å².